The van der Waals surface area contributed by atoms with E-state index in [-0.39, 0.29) is 18.9 Å². The summed E-state index contributed by atoms with van der Waals surface area (Å²) in [5.74, 6) is 0.439. The molecule has 3 aromatic rings. The van der Waals surface area contributed by atoms with Crippen molar-refractivity contribution in [1.29, 1.82) is 0 Å². The van der Waals surface area contributed by atoms with Gasteiger partial charge in [-0.05, 0) is 42.0 Å². The number of nitrogens with zero attached hydrogens (tertiary/aromatic N) is 1. The van der Waals surface area contributed by atoms with Crippen LogP contribution in [0.2, 0.25) is 0 Å². The molecule has 0 unspecified atom stereocenters. The number of hydrogen-bond donors (Lipinski definition) is 4. The predicted octanol–water partition coefficient (Wildman–Crippen LogP) is 3.94. The first-order valence-corrected chi connectivity index (χ1v) is 14.1. The van der Waals surface area contributed by atoms with Crippen LogP contribution in [0.25, 0.3) is 0 Å². The van der Waals surface area contributed by atoms with E-state index < -0.39 is 36.8 Å². The van der Waals surface area contributed by atoms with Crippen LogP contribution in [-0.2, 0) is 16.0 Å². The SMILES string of the molecule is O=C(NC(CO)CO)[C@]1(Cc2ccccc2Br)N=C(c2ccc(OCCCO)cc2)O[C@@H]1c1ccccc1Br. The number of halogens is 2. The molecule has 0 fully saturated rings. The molecule has 0 bridgehead atoms. The number of ether oxygens (including phenoxy) is 2. The lowest BCUT2D eigenvalue weighted by molar-refractivity contribution is -0.130. The zero-order valence-electron chi connectivity index (χ0n) is 21.1. The van der Waals surface area contributed by atoms with Crippen LogP contribution in [0.3, 0.4) is 0 Å². The highest BCUT2D eigenvalue weighted by Gasteiger charge is 2.54. The summed E-state index contributed by atoms with van der Waals surface area (Å²) in [4.78, 5) is 19.0. The Kier molecular flexibility index (Phi) is 10.1. The zero-order valence-corrected chi connectivity index (χ0v) is 24.3. The molecule has 0 aromatic heterocycles. The monoisotopic (exact) mass is 660 g/mol. The molecule has 0 radical (unpaired) electrons. The molecule has 1 aliphatic heterocycles. The van der Waals surface area contributed by atoms with E-state index in [1.807, 2.05) is 48.5 Å². The van der Waals surface area contributed by atoms with Gasteiger partial charge in [0, 0.05) is 39.5 Å². The summed E-state index contributed by atoms with van der Waals surface area (Å²) in [6.45, 7) is -0.414. The normalized spacial score (nSPS) is 18.5. The highest BCUT2D eigenvalue weighted by molar-refractivity contribution is 9.10. The number of amides is 1. The minimum atomic E-state index is -1.47. The van der Waals surface area contributed by atoms with Crippen molar-refractivity contribution in [2.24, 2.45) is 4.99 Å². The molecule has 206 valence electrons. The van der Waals surface area contributed by atoms with Crippen molar-refractivity contribution in [2.45, 2.75) is 30.5 Å². The molecule has 39 heavy (non-hydrogen) atoms. The van der Waals surface area contributed by atoms with Gasteiger partial charge in [0.25, 0.3) is 5.91 Å². The van der Waals surface area contributed by atoms with E-state index >= 15 is 0 Å². The number of aliphatic hydroxyl groups excluding tert-OH is 3. The highest BCUT2D eigenvalue weighted by atomic mass is 79.9. The van der Waals surface area contributed by atoms with Crippen LogP contribution in [0.4, 0.5) is 0 Å². The Morgan fingerprint density at radius 1 is 0.974 bits per heavy atom. The van der Waals surface area contributed by atoms with E-state index in [9.17, 15) is 15.0 Å². The van der Waals surface area contributed by atoms with Crippen molar-refractivity contribution >= 4 is 43.7 Å². The number of hydrogen-bond acceptors (Lipinski definition) is 7. The molecule has 4 rings (SSSR count). The third-order valence-corrected chi connectivity index (χ3v) is 7.91. The van der Waals surface area contributed by atoms with E-state index in [1.165, 1.54) is 0 Å². The van der Waals surface area contributed by atoms with Crippen molar-refractivity contribution in [1.82, 2.24) is 5.32 Å². The number of benzene rings is 3. The second-order valence-corrected chi connectivity index (χ2v) is 10.8. The molecule has 1 amide bonds. The zero-order chi connectivity index (χ0) is 27.8. The number of aliphatic hydroxyl groups is 3. The van der Waals surface area contributed by atoms with E-state index in [0.29, 0.717) is 24.3 Å². The minimum absolute atomic E-state index is 0.0499. The highest BCUT2D eigenvalue weighted by Crippen LogP contribution is 2.45. The first kappa shape index (κ1) is 29.2. The number of carbonyl (C=O) groups excluding carboxylic acids is 1. The van der Waals surface area contributed by atoms with Crippen molar-refractivity contribution < 1.29 is 29.6 Å². The Balaban J connectivity index is 1.82. The third-order valence-electron chi connectivity index (χ3n) is 6.41. The first-order chi connectivity index (χ1) is 18.9. The van der Waals surface area contributed by atoms with E-state index in [4.69, 9.17) is 19.6 Å². The molecule has 8 nitrogen and oxygen atoms in total. The predicted molar refractivity (Wildman–Crippen MR) is 155 cm³/mol. The summed E-state index contributed by atoms with van der Waals surface area (Å²) in [7, 11) is 0. The van der Waals surface area contributed by atoms with E-state index in [1.54, 1.807) is 24.3 Å². The fraction of sp³-hybridized carbons (Fsp3) is 0.310. The van der Waals surface area contributed by atoms with Gasteiger partial charge in [0.1, 0.15) is 5.75 Å². The largest absolute Gasteiger partial charge is 0.494 e. The lowest BCUT2D eigenvalue weighted by atomic mass is 9.81. The molecule has 0 aliphatic carbocycles. The van der Waals surface area contributed by atoms with Gasteiger partial charge < -0.3 is 30.1 Å². The Bertz CT molecular complexity index is 1300. The minimum Gasteiger partial charge on any atom is -0.494 e. The molecule has 0 spiro atoms. The second-order valence-electron chi connectivity index (χ2n) is 9.11. The van der Waals surface area contributed by atoms with Gasteiger partial charge in [-0.2, -0.15) is 0 Å². The number of carbonyl (C=O) groups is 1. The molecule has 1 heterocycles. The molecule has 4 N–H and O–H groups in total. The van der Waals surface area contributed by atoms with Crippen molar-refractivity contribution in [3.05, 3.63) is 98.4 Å². The van der Waals surface area contributed by atoms with Gasteiger partial charge in [-0.15, -0.1) is 0 Å². The molecule has 0 saturated heterocycles. The van der Waals surface area contributed by atoms with Gasteiger partial charge in [-0.1, -0.05) is 68.3 Å². The maximum atomic E-state index is 14.1. The van der Waals surface area contributed by atoms with Crippen molar-refractivity contribution in [2.75, 3.05) is 26.4 Å². The molecule has 10 heteroatoms. The summed E-state index contributed by atoms with van der Waals surface area (Å²) in [5.41, 5.74) is 0.758. The summed E-state index contributed by atoms with van der Waals surface area (Å²) in [6, 6.07) is 21.4. The Morgan fingerprint density at radius 3 is 2.28 bits per heavy atom. The van der Waals surface area contributed by atoms with Crippen LogP contribution in [0.5, 0.6) is 5.75 Å². The molecular formula is C29H30Br2N2O6. The van der Waals surface area contributed by atoms with Crippen LogP contribution in [0.1, 0.15) is 29.2 Å². The van der Waals surface area contributed by atoms with Crippen LogP contribution < -0.4 is 10.1 Å². The quantitative estimate of drug-likeness (QED) is 0.218. The summed E-state index contributed by atoms with van der Waals surface area (Å²) in [6.07, 6.45) is -0.115. The second kappa shape index (κ2) is 13.5. The van der Waals surface area contributed by atoms with E-state index in [2.05, 4.69) is 37.2 Å². The van der Waals surface area contributed by atoms with Gasteiger partial charge >= 0.3 is 0 Å². The van der Waals surface area contributed by atoms with Crippen LogP contribution in [0.15, 0.2) is 86.7 Å². The van der Waals surface area contributed by atoms with Crippen molar-refractivity contribution in [3.63, 3.8) is 0 Å². The summed E-state index contributed by atoms with van der Waals surface area (Å²) in [5, 5.41) is 31.2. The third kappa shape index (κ3) is 6.70. The molecule has 3 aromatic carbocycles. The van der Waals surface area contributed by atoms with Crippen LogP contribution in [0, 0.1) is 0 Å². The van der Waals surface area contributed by atoms with Crippen LogP contribution in [-0.4, -0.2) is 65.1 Å². The van der Waals surface area contributed by atoms with E-state index in [0.717, 1.165) is 20.1 Å². The smallest absolute Gasteiger partial charge is 0.253 e. The summed E-state index contributed by atoms with van der Waals surface area (Å²) < 4.78 is 13.7. The van der Waals surface area contributed by atoms with Gasteiger partial charge in [0.15, 0.2) is 11.6 Å². The Morgan fingerprint density at radius 2 is 1.64 bits per heavy atom. The Labute approximate surface area is 244 Å². The van der Waals surface area contributed by atoms with Gasteiger partial charge in [0.05, 0.1) is 25.9 Å². The van der Waals surface area contributed by atoms with Crippen LogP contribution >= 0.6 is 31.9 Å². The molecule has 2 atom stereocenters. The maximum Gasteiger partial charge on any atom is 0.253 e. The van der Waals surface area contributed by atoms with Gasteiger partial charge in [-0.3, -0.25) is 4.79 Å². The van der Waals surface area contributed by atoms with Gasteiger partial charge in [-0.25, -0.2) is 4.99 Å². The average Bonchev–Trinajstić information content (AvgIpc) is 3.34. The lowest BCUT2D eigenvalue weighted by Crippen LogP contribution is -2.54. The molecule has 0 saturated carbocycles. The number of aliphatic imine (C=N–C) groups is 1. The lowest BCUT2D eigenvalue weighted by Gasteiger charge is -2.32. The van der Waals surface area contributed by atoms with Gasteiger partial charge in [0.2, 0.25) is 5.90 Å². The summed E-state index contributed by atoms with van der Waals surface area (Å²) >= 11 is 7.21. The molecular weight excluding hydrogens is 632 g/mol. The average molecular weight is 662 g/mol. The topological polar surface area (TPSA) is 121 Å². The van der Waals surface area contributed by atoms with Crippen molar-refractivity contribution in [3.8, 4) is 5.75 Å². The first-order valence-electron chi connectivity index (χ1n) is 12.5. The fourth-order valence-corrected chi connectivity index (χ4v) is 5.26. The maximum absolute atomic E-state index is 14.1. The fourth-order valence-electron chi connectivity index (χ4n) is 4.34. The molecule has 1 aliphatic rings. The number of rotatable bonds is 12. The number of nitrogens with one attached hydrogen (secondary N) is 1. The standard InChI is InChI=1S/C29H30Br2N2O6/c30-24-8-3-1-6-20(24)16-29(28(37)32-21(17-35)18-36)26(23-7-2-4-9-25(23)31)39-27(33-29)19-10-12-22(13-11-19)38-15-5-14-34/h1-4,6-13,21,26,34-36H,5,14-18H2,(H,32,37)/t26-,29-/m1/s1. The Hall–Kier alpha value is -2.76.